The van der Waals surface area contributed by atoms with Crippen LogP contribution in [0.2, 0.25) is 0 Å². The van der Waals surface area contributed by atoms with E-state index in [1.165, 1.54) is 12.1 Å². The van der Waals surface area contributed by atoms with E-state index in [9.17, 15) is 14.4 Å². The molecule has 9 heteroatoms. The van der Waals surface area contributed by atoms with Crippen LogP contribution < -0.4 is 5.32 Å². The number of rotatable bonds is 6. The van der Waals surface area contributed by atoms with Gasteiger partial charge in [-0.1, -0.05) is 12.8 Å². The predicted molar refractivity (Wildman–Crippen MR) is 124 cm³/mol. The van der Waals surface area contributed by atoms with Crippen LogP contribution in [0.15, 0.2) is 42.9 Å². The third-order valence-electron chi connectivity index (χ3n) is 6.30. The van der Waals surface area contributed by atoms with Gasteiger partial charge in [-0.2, -0.15) is 10.4 Å². The molecule has 1 aliphatic rings. The van der Waals surface area contributed by atoms with Crippen molar-refractivity contribution in [1.29, 1.82) is 5.26 Å². The Labute approximate surface area is 196 Å². The SMILES string of the molecule is Cn1cc(-c2cc(F)cc(CNC(=O)c3nccc4nc(C5CCCC5)n(CC#N)c34)c2)cn1. The molecule has 1 N–H and O–H groups in total. The highest BCUT2D eigenvalue weighted by Gasteiger charge is 2.26. The fourth-order valence-corrected chi connectivity index (χ4v) is 4.75. The molecule has 5 rings (SSSR count). The molecule has 34 heavy (non-hydrogen) atoms. The maximum Gasteiger partial charge on any atom is 0.272 e. The molecular weight excluding hydrogens is 433 g/mol. The molecule has 8 nitrogen and oxygen atoms in total. The number of imidazole rings is 1. The van der Waals surface area contributed by atoms with Crippen LogP contribution in [0.25, 0.3) is 22.2 Å². The van der Waals surface area contributed by atoms with Crippen molar-refractivity contribution in [3.63, 3.8) is 0 Å². The number of carbonyl (C=O) groups is 1. The predicted octanol–water partition coefficient (Wildman–Crippen LogP) is 4.08. The Morgan fingerprint density at radius 2 is 2.09 bits per heavy atom. The van der Waals surface area contributed by atoms with Gasteiger partial charge >= 0.3 is 0 Å². The van der Waals surface area contributed by atoms with Crippen molar-refractivity contribution in [3.8, 4) is 17.2 Å². The van der Waals surface area contributed by atoms with E-state index >= 15 is 0 Å². The Bertz CT molecular complexity index is 1410. The van der Waals surface area contributed by atoms with E-state index in [2.05, 4.69) is 21.5 Å². The van der Waals surface area contributed by atoms with E-state index in [0.717, 1.165) is 37.1 Å². The number of halogens is 1. The van der Waals surface area contributed by atoms with Gasteiger partial charge in [0.05, 0.1) is 17.8 Å². The molecule has 0 unspecified atom stereocenters. The summed E-state index contributed by atoms with van der Waals surface area (Å²) in [6.07, 6.45) is 9.37. The molecule has 0 bridgehead atoms. The average Bonchev–Trinajstić information content (AvgIpc) is 3.57. The van der Waals surface area contributed by atoms with Gasteiger partial charge in [0.1, 0.15) is 23.7 Å². The van der Waals surface area contributed by atoms with Crippen molar-refractivity contribution >= 4 is 16.9 Å². The summed E-state index contributed by atoms with van der Waals surface area (Å²) in [5, 5.41) is 16.4. The highest BCUT2D eigenvalue weighted by Crippen LogP contribution is 2.35. The molecule has 4 aromatic rings. The van der Waals surface area contributed by atoms with Crippen molar-refractivity contribution in [2.45, 2.75) is 44.7 Å². The molecule has 0 atom stereocenters. The Hall–Kier alpha value is -4.06. The van der Waals surface area contributed by atoms with E-state index in [1.54, 1.807) is 36.4 Å². The first-order valence-electron chi connectivity index (χ1n) is 11.3. The lowest BCUT2D eigenvalue weighted by Gasteiger charge is -2.12. The number of amides is 1. The van der Waals surface area contributed by atoms with Crippen LogP contribution in [0.3, 0.4) is 0 Å². The summed E-state index contributed by atoms with van der Waals surface area (Å²) in [7, 11) is 1.80. The van der Waals surface area contributed by atoms with Gasteiger partial charge in [-0.3, -0.25) is 9.48 Å². The molecule has 1 aromatic carbocycles. The molecule has 3 heterocycles. The summed E-state index contributed by atoms with van der Waals surface area (Å²) in [4.78, 5) is 22.2. The van der Waals surface area contributed by atoms with Gasteiger partial charge in [0.2, 0.25) is 0 Å². The fourth-order valence-electron chi connectivity index (χ4n) is 4.75. The van der Waals surface area contributed by atoms with Gasteiger partial charge in [0.15, 0.2) is 5.69 Å². The minimum atomic E-state index is -0.394. The Morgan fingerprint density at radius 1 is 1.26 bits per heavy atom. The molecule has 1 amide bonds. The fraction of sp³-hybridized carbons (Fsp3) is 0.320. The molecule has 172 valence electrons. The molecule has 1 saturated carbocycles. The zero-order valence-corrected chi connectivity index (χ0v) is 18.8. The first-order chi connectivity index (χ1) is 16.5. The van der Waals surface area contributed by atoms with Crippen molar-refractivity contribution in [1.82, 2.24) is 29.6 Å². The van der Waals surface area contributed by atoms with Crippen molar-refractivity contribution in [2.24, 2.45) is 7.05 Å². The molecule has 0 radical (unpaired) electrons. The second-order valence-corrected chi connectivity index (χ2v) is 8.66. The minimum Gasteiger partial charge on any atom is -0.347 e. The summed E-state index contributed by atoms with van der Waals surface area (Å²) >= 11 is 0. The third kappa shape index (κ3) is 4.15. The van der Waals surface area contributed by atoms with Crippen molar-refractivity contribution < 1.29 is 9.18 Å². The Morgan fingerprint density at radius 3 is 2.82 bits per heavy atom. The number of fused-ring (bicyclic) bond motifs is 1. The smallest absolute Gasteiger partial charge is 0.272 e. The van der Waals surface area contributed by atoms with E-state index in [-0.39, 0.29) is 30.5 Å². The topological polar surface area (TPSA) is 101 Å². The Balaban J connectivity index is 1.43. The summed E-state index contributed by atoms with van der Waals surface area (Å²) in [5.74, 6) is 0.353. The summed E-state index contributed by atoms with van der Waals surface area (Å²) < 4.78 is 17.7. The van der Waals surface area contributed by atoms with Gasteiger partial charge in [-0.05, 0) is 48.2 Å². The monoisotopic (exact) mass is 457 g/mol. The van der Waals surface area contributed by atoms with E-state index in [4.69, 9.17) is 4.98 Å². The number of hydrogen-bond acceptors (Lipinski definition) is 5. The summed E-state index contributed by atoms with van der Waals surface area (Å²) in [5.41, 5.74) is 3.54. The number of nitrogens with one attached hydrogen (secondary N) is 1. The van der Waals surface area contributed by atoms with Crippen LogP contribution in [-0.2, 0) is 20.1 Å². The largest absolute Gasteiger partial charge is 0.347 e. The highest BCUT2D eigenvalue weighted by atomic mass is 19.1. The molecule has 1 fully saturated rings. The number of hydrogen-bond donors (Lipinski definition) is 1. The highest BCUT2D eigenvalue weighted by molar-refractivity contribution is 6.03. The van der Waals surface area contributed by atoms with E-state index in [0.29, 0.717) is 22.2 Å². The van der Waals surface area contributed by atoms with Crippen LogP contribution in [0.4, 0.5) is 4.39 Å². The molecule has 0 spiro atoms. The van der Waals surface area contributed by atoms with Crippen molar-refractivity contribution in [3.05, 3.63) is 65.8 Å². The van der Waals surface area contributed by atoms with E-state index in [1.807, 2.05) is 10.6 Å². The first-order valence-corrected chi connectivity index (χ1v) is 11.3. The van der Waals surface area contributed by atoms with Crippen LogP contribution in [0.5, 0.6) is 0 Å². The summed E-state index contributed by atoms with van der Waals surface area (Å²) in [6, 6.07) is 8.63. The number of aryl methyl sites for hydroxylation is 1. The van der Waals surface area contributed by atoms with Gasteiger partial charge in [0.25, 0.3) is 5.91 Å². The van der Waals surface area contributed by atoms with Crippen LogP contribution in [0.1, 0.15) is 53.5 Å². The van der Waals surface area contributed by atoms with Crippen LogP contribution in [-0.4, -0.2) is 30.2 Å². The lowest BCUT2D eigenvalue weighted by molar-refractivity contribution is 0.0947. The van der Waals surface area contributed by atoms with Crippen molar-refractivity contribution in [2.75, 3.05) is 0 Å². The number of aromatic nitrogens is 5. The minimum absolute atomic E-state index is 0.104. The number of nitriles is 1. The standard InChI is InChI=1S/C25H24FN7O/c1-32-15-19(14-30-32)18-10-16(11-20(26)12-18)13-29-25(34)22-23-21(6-8-28-22)31-24(33(23)9-7-27)17-4-2-3-5-17/h6,8,10-12,14-15,17H,2-5,9,13H2,1H3,(H,29,34). The zero-order chi connectivity index (χ0) is 23.7. The average molecular weight is 458 g/mol. The second kappa shape index (κ2) is 9.06. The maximum absolute atomic E-state index is 14.3. The third-order valence-corrected chi connectivity index (χ3v) is 6.30. The van der Waals surface area contributed by atoms with Gasteiger partial charge < -0.3 is 9.88 Å². The number of benzene rings is 1. The lowest BCUT2D eigenvalue weighted by Crippen LogP contribution is -2.25. The lowest BCUT2D eigenvalue weighted by atomic mass is 10.1. The molecule has 1 aliphatic carbocycles. The molecular formula is C25H24FN7O. The van der Waals surface area contributed by atoms with Gasteiger partial charge in [0, 0.05) is 37.5 Å². The first kappa shape index (κ1) is 21.8. The number of pyridine rings is 1. The van der Waals surface area contributed by atoms with Gasteiger partial charge in [-0.15, -0.1) is 0 Å². The zero-order valence-electron chi connectivity index (χ0n) is 18.8. The maximum atomic E-state index is 14.3. The molecule has 0 saturated heterocycles. The van der Waals surface area contributed by atoms with Crippen LogP contribution >= 0.6 is 0 Å². The van der Waals surface area contributed by atoms with Gasteiger partial charge in [-0.25, -0.2) is 14.4 Å². The second-order valence-electron chi connectivity index (χ2n) is 8.66. The number of nitrogens with zero attached hydrogens (tertiary/aromatic N) is 6. The Kier molecular flexibility index (Phi) is 5.80. The molecule has 3 aromatic heterocycles. The van der Waals surface area contributed by atoms with Crippen LogP contribution in [0, 0.1) is 17.1 Å². The summed E-state index contributed by atoms with van der Waals surface area (Å²) in [6.45, 7) is 0.233. The number of carbonyl (C=O) groups excluding carboxylic acids is 1. The molecule has 0 aliphatic heterocycles. The normalized spacial score (nSPS) is 13.9. The van der Waals surface area contributed by atoms with E-state index < -0.39 is 5.91 Å². The quantitative estimate of drug-likeness (QED) is 0.470.